The Balaban J connectivity index is -0.0000000345. The van der Waals surface area contributed by atoms with Gasteiger partial charge in [-0.25, -0.2) is 0 Å². The van der Waals surface area contributed by atoms with Crippen LogP contribution in [0.1, 0.15) is 0 Å². The van der Waals surface area contributed by atoms with Crippen molar-refractivity contribution in [1.82, 2.24) is 0 Å². The smallest absolute Gasteiger partial charge is 0.262 e. The molecule has 0 rings (SSSR count). The van der Waals surface area contributed by atoms with Gasteiger partial charge in [-0.15, -0.1) is 0 Å². The maximum atomic E-state index is 8.77. The second-order valence-corrected chi connectivity index (χ2v) is 2.88. The molecule has 0 aliphatic carbocycles. The van der Waals surface area contributed by atoms with E-state index in [0.29, 0.717) is 0 Å². The fourth-order valence-corrected chi connectivity index (χ4v) is 0. The van der Waals surface area contributed by atoms with Gasteiger partial charge in [-0.3, -0.25) is 4.57 Å². The predicted molar refractivity (Wildman–Crippen MR) is 48.3 cm³/mol. The highest BCUT2D eigenvalue weighted by molar-refractivity contribution is 7.43. The first-order chi connectivity index (χ1) is 7.00. The first-order valence-corrected chi connectivity index (χ1v) is 6.66. The standard InChI is InChI=1S/3CH5N.2H3O4P/c3*1-2;2*1-5(2,3)4/h3*2H2,1H3;2*(H3,1,2,3,4). The molecule has 16 heavy (non-hydrogen) atoms. The topological polar surface area (TPSA) is 247 Å². The zero-order chi connectivity index (χ0) is 15.0. The molecule has 0 aromatic rings. The van der Waals surface area contributed by atoms with E-state index in [1.54, 1.807) is 21.1 Å². The normalized spacial score (nSPS) is 8.50. The molecule has 0 saturated carbocycles. The van der Waals surface area contributed by atoms with Gasteiger partial charge in [0.15, 0.2) is 0 Å². The summed E-state index contributed by atoms with van der Waals surface area (Å²) in [5.74, 6) is 0. The van der Waals surface area contributed by atoms with E-state index in [1.165, 1.54) is 0 Å². The third-order valence-corrected chi connectivity index (χ3v) is 0. The van der Waals surface area contributed by atoms with Crippen LogP contribution < -0.4 is 31.9 Å². The molecule has 0 unspecified atom stereocenters. The van der Waals surface area contributed by atoms with Gasteiger partial charge in [0.05, 0.1) is 29.0 Å². The number of rotatable bonds is 0. The van der Waals surface area contributed by atoms with Gasteiger partial charge < -0.3 is 51.1 Å². The highest BCUT2D eigenvalue weighted by Crippen LogP contribution is 2.18. The van der Waals surface area contributed by atoms with Crippen molar-refractivity contribution < 1.29 is 55.7 Å². The van der Waals surface area contributed by atoms with Crippen LogP contribution in [-0.4, -0.2) is 35.8 Å². The van der Waals surface area contributed by atoms with E-state index in [1.807, 2.05) is 0 Å². The molecule has 0 saturated heterocycles. The molecule has 12 N–H and O–H groups in total. The minimum atomic E-state index is -5.14. The quantitative estimate of drug-likeness (QED) is 0.233. The van der Waals surface area contributed by atoms with E-state index >= 15 is 0 Å². The van der Waals surface area contributed by atoms with Crippen molar-refractivity contribution in [2.75, 3.05) is 21.1 Å². The third kappa shape index (κ3) is 242000. The van der Waals surface area contributed by atoms with Crippen molar-refractivity contribution in [2.24, 2.45) is 0 Å². The molecule has 0 heterocycles. The molecule has 0 atom stereocenters. The fraction of sp³-hybridized carbons (Fsp3) is 1.00. The highest BCUT2D eigenvalue weighted by atomic mass is 31.2. The molecule has 0 fully saturated rings. The minimum Gasteiger partial charge on any atom is -0.790 e. The van der Waals surface area contributed by atoms with Gasteiger partial charge in [0, 0.05) is 0 Å². The monoisotopic (exact) mass is 289 g/mol. The van der Waals surface area contributed by atoms with Crippen molar-refractivity contribution in [1.29, 1.82) is 0 Å². The predicted octanol–water partition coefficient (Wildman–Crippen LogP) is -7.18. The van der Waals surface area contributed by atoms with Crippen molar-refractivity contribution in [3.05, 3.63) is 0 Å². The van der Waals surface area contributed by atoms with Crippen molar-refractivity contribution in [2.45, 2.75) is 0 Å². The van der Waals surface area contributed by atoms with Gasteiger partial charge in [-0.2, -0.15) is 0 Å². The molecule has 0 aromatic heterocycles. The lowest BCUT2D eigenvalue weighted by Crippen LogP contribution is -2.40. The highest BCUT2D eigenvalue weighted by Gasteiger charge is 1.82. The Hall–Kier alpha value is 0.1000. The number of hydrogen-bond donors (Lipinski definition) is 6. The Bertz CT molecular complexity index is 141. The summed E-state index contributed by atoms with van der Waals surface area (Å²) >= 11 is 0. The number of phosphoric acid groups is 2. The van der Waals surface area contributed by atoms with Crippen molar-refractivity contribution in [3.8, 4) is 0 Å². The summed E-state index contributed by atoms with van der Waals surface area (Å²) in [7, 11) is -4.78. The Morgan fingerprint density at radius 3 is 0.750 bits per heavy atom. The van der Waals surface area contributed by atoms with E-state index < -0.39 is 15.6 Å². The number of quaternary nitrogens is 3. The summed E-state index contributed by atoms with van der Waals surface area (Å²) in [6.45, 7) is 0. The fourth-order valence-electron chi connectivity index (χ4n) is 0. The van der Waals surface area contributed by atoms with Crippen LogP contribution in [0.15, 0.2) is 0 Å². The summed E-state index contributed by atoms with van der Waals surface area (Å²) in [4.78, 5) is 47.2. The molecule has 0 aromatic carbocycles. The molecule has 0 amide bonds. The Labute approximate surface area is 93.4 Å². The van der Waals surface area contributed by atoms with Crippen LogP contribution in [0.2, 0.25) is 0 Å². The van der Waals surface area contributed by atoms with Crippen molar-refractivity contribution >= 4 is 15.6 Å². The molecular weight excluding hydrogens is 268 g/mol. The summed E-state index contributed by atoms with van der Waals surface area (Å²) in [6.07, 6.45) is 0. The Morgan fingerprint density at radius 1 is 0.750 bits per heavy atom. The minimum absolute atomic E-state index is 1.75. The molecule has 106 valence electrons. The lowest BCUT2D eigenvalue weighted by Gasteiger charge is -2.19. The van der Waals surface area contributed by atoms with Crippen LogP contribution in [0.3, 0.4) is 0 Å². The largest absolute Gasteiger partial charge is 0.790 e. The molecule has 0 aliphatic heterocycles. The first-order valence-electron chi connectivity index (χ1n) is 3.63. The van der Waals surface area contributed by atoms with Gasteiger partial charge in [-0.05, 0) is 0 Å². The zero-order valence-electron chi connectivity index (χ0n) is 9.40. The van der Waals surface area contributed by atoms with E-state index in [9.17, 15) is 0 Å². The van der Waals surface area contributed by atoms with E-state index in [0.717, 1.165) is 0 Å². The lowest BCUT2D eigenvalue weighted by molar-refractivity contribution is -0.337. The molecule has 0 bridgehead atoms. The maximum Gasteiger partial charge on any atom is 0.262 e. The van der Waals surface area contributed by atoms with Crippen LogP contribution in [0.5, 0.6) is 0 Å². The second kappa shape index (κ2) is 20.5. The second-order valence-electron chi connectivity index (χ2n) is 0.959. The van der Waals surface area contributed by atoms with E-state index in [4.69, 9.17) is 38.5 Å². The SMILES string of the molecule is C[NH3+].C[NH3+].C[NH3+].O=P([O-])(O)O.O=P([O-])([O-])O. The van der Waals surface area contributed by atoms with Crippen LogP contribution in [0.4, 0.5) is 0 Å². The maximum absolute atomic E-state index is 8.77. The molecule has 11 nitrogen and oxygen atoms in total. The third-order valence-electron chi connectivity index (χ3n) is 0. The zero-order valence-corrected chi connectivity index (χ0v) is 11.2. The van der Waals surface area contributed by atoms with Gasteiger partial charge in [-0.1, -0.05) is 0 Å². The van der Waals surface area contributed by atoms with Gasteiger partial charge in [0.2, 0.25) is 0 Å². The molecule has 13 heteroatoms. The number of hydrogen-bond acceptors (Lipinski definition) is 5. The summed E-state index contributed by atoms with van der Waals surface area (Å²) < 4.78 is 17.4. The molecule has 0 aliphatic rings. The Morgan fingerprint density at radius 2 is 0.750 bits per heavy atom. The average molecular weight is 289 g/mol. The Kier molecular flexibility index (Phi) is 38.2. The first kappa shape index (κ1) is 29.8. The summed E-state index contributed by atoms with van der Waals surface area (Å²) in [5, 5.41) is 0. The van der Waals surface area contributed by atoms with Gasteiger partial charge >= 0.3 is 0 Å². The van der Waals surface area contributed by atoms with Gasteiger partial charge in [0.1, 0.15) is 0 Å². The van der Waals surface area contributed by atoms with Crippen LogP contribution in [0, 0.1) is 0 Å². The molecule has 0 radical (unpaired) electrons. The van der Waals surface area contributed by atoms with Crippen LogP contribution in [0.25, 0.3) is 0 Å². The van der Waals surface area contributed by atoms with Crippen molar-refractivity contribution in [3.63, 3.8) is 0 Å². The van der Waals surface area contributed by atoms with Gasteiger partial charge in [0.25, 0.3) is 7.82 Å². The molecule has 0 spiro atoms. The van der Waals surface area contributed by atoms with E-state index in [2.05, 4.69) is 17.2 Å². The van der Waals surface area contributed by atoms with E-state index in [-0.39, 0.29) is 0 Å². The summed E-state index contributed by atoms with van der Waals surface area (Å²) in [6, 6.07) is 0. The summed E-state index contributed by atoms with van der Waals surface area (Å²) in [5.41, 5.74) is 9.75. The van der Waals surface area contributed by atoms with Crippen LogP contribution in [-0.2, 0) is 9.13 Å². The lowest BCUT2D eigenvalue weighted by atomic mass is 11.6. The molecular formula is C3H21N3O8P2. The average Bonchev–Trinajstić information content (AvgIpc) is 2.08. The van der Waals surface area contributed by atoms with Crippen LogP contribution >= 0.6 is 15.6 Å².